The number of carboxylic acid groups (broad SMARTS) is 1. The van der Waals surface area contributed by atoms with Crippen LogP contribution in [-0.2, 0) is 10.1 Å². The fourth-order valence-corrected chi connectivity index (χ4v) is 2.39. The summed E-state index contributed by atoms with van der Waals surface area (Å²) in [5.41, 5.74) is -0.0755. The summed E-state index contributed by atoms with van der Waals surface area (Å²) < 4.78 is 30.8. The van der Waals surface area contributed by atoms with Gasteiger partial charge in [-0.1, -0.05) is 11.6 Å². The fourth-order valence-electron chi connectivity index (χ4n) is 1.60. The number of hydrogen-bond donors (Lipinski definition) is 3. The van der Waals surface area contributed by atoms with Crippen LogP contribution in [0.2, 0.25) is 5.02 Å². The Bertz CT molecular complexity index is 911. The van der Waals surface area contributed by atoms with E-state index in [9.17, 15) is 18.3 Å². The number of benzene rings is 2. The van der Waals surface area contributed by atoms with E-state index in [0.717, 1.165) is 24.3 Å². The van der Waals surface area contributed by atoms with Gasteiger partial charge in [0.25, 0.3) is 10.1 Å². The Kier molecular flexibility index (Phi) is 4.64. The van der Waals surface area contributed by atoms with Crippen molar-refractivity contribution in [1.29, 1.82) is 0 Å². The van der Waals surface area contributed by atoms with Crippen molar-refractivity contribution in [3.63, 3.8) is 0 Å². The van der Waals surface area contributed by atoms with E-state index in [1.165, 1.54) is 12.1 Å². The Morgan fingerprint density at radius 1 is 1.09 bits per heavy atom. The van der Waals surface area contributed by atoms with E-state index in [2.05, 4.69) is 10.2 Å². The Balaban J connectivity index is 2.34. The highest BCUT2D eigenvalue weighted by atomic mass is 35.5. The first-order valence-electron chi connectivity index (χ1n) is 5.93. The predicted molar refractivity (Wildman–Crippen MR) is 80.5 cm³/mol. The van der Waals surface area contributed by atoms with E-state index < -0.39 is 21.8 Å². The molecule has 0 heterocycles. The molecular weight excluding hydrogens is 348 g/mol. The van der Waals surface area contributed by atoms with E-state index >= 15 is 0 Å². The van der Waals surface area contributed by atoms with Crippen molar-refractivity contribution in [3.8, 4) is 5.75 Å². The summed E-state index contributed by atoms with van der Waals surface area (Å²) in [5.74, 6) is -1.73. The maximum Gasteiger partial charge on any atom is 0.339 e. The van der Waals surface area contributed by atoms with Crippen molar-refractivity contribution in [1.82, 2.24) is 0 Å². The molecule has 0 unspecified atom stereocenters. The maximum absolute atomic E-state index is 11.0. The number of rotatable bonds is 4. The number of aromatic carboxylic acids is 1. The van der Waals surface area contributed by atoms with Gasteiger partial charge in [-0.3, -0.25) is 4.55 Å². The minimum atomic E-state index is -4.38. The fraction of sp³-hybridized carbons (Fsp3) is 0. The molecule has 10 heteroatoms. The maximum atomic E-state index is 11.0. The van der Waals surface area contributed by atoms with Gasteiger partial charge in [0.2, 0.25) is 0 Å². The first kappa shape index (κ1) is 16.9. The lowest BCUT2D eigenvalue weighted by molar-refractivity contribution is 0.0693. The monoisotopic (exact) mass is 356 g/mol. The average Bonchev–Trinajstić information content (AvgIpc) is 2.46. The van der Waals surface area contributed by atoms with E-state index in [1.807, 2.05) is 0 Å². The van der Waals surface area contributed by atoms with Gasteiger partial charge in [-0.25, -0.2) is 4.79 Å². The minimum absolute atomic E-state index is 0.0684. The summed E-state index contributed by atoms with van der Waals surface area (Å²) >= 11 is 5.85. The van der Waals surface area contributed by atoms with Gasteiger partial charge in [0.05, 0.1) is 15.6 Å². The second kappa shape index (κ2) is 6.32. The number of halogens is 1. The van der Waals surface area contributed by atoms with Crippen molar-refractivity contribution in [3.05, 3.63) is 47.0 Å². The molecule has 2 aromatic rings. The van der Waals surface area contributed by atoms with Crippen molar-refractivity contribution in [2.45, 2.75) is 4.90 Å². The van der Waals surface area contributed by atoms with E-state index in [-0.39, 0.29) is 26.9 Å². The second-order valence-electron chi connectivity index (χ2n) is 4.29. The zero-order valence-corrected chi connectivity index (χ0v) is 12.8. The van der Waals surface area contributed by atoms with Crippen LogP contribution < -0.4 is 0 Å². The van der Waals surface area contributed by atoms with Crippen LogP contribution in [0.1, 0.15) is 10.4 Å². The Labute approximate surface area is 135 Å². The van der Waals surface area contributed by atoms with Crippen LogP contribution in [0.3, 0.4) is 0 Å². The van der Waals surface area contributed by atoms with Gasteiger partial charge in [-0.05, 0) is 36.4 Å². The molecular formula is C13H9ClN2O6S. The molecule has 0 spiro atoms. The third kappa shape index (κ3) is 4.03. The highest BCUT2D eigenvalue weighted by Gasteiger charge is 2.12. The summed E-state index contributed by atoms with van der Waals surface area (Å²) in [6.45, 7) is 0. The van der Waals surface area contributed by atoms with Gasteiger partial charge in [0.15, 0.2) is 0 Å². The second-order valence-corrected chi connectivity index (χ2v) is 6.12. The molecule has 8 nitrogen and oxygen atoms in total. The van der Waals surface area contributed by atoms with Crippen LogP contribution in [0.15, 0.2) is 51.5 Å². The lowest BCUT2D eigenvalue weighted by Crippen LogP contribution is -1.97. The molecule has 0 aliphatic heterocycles. The normalized spacial score (nSPS) is 11.7. The molecule has 0 amide bonds. The third-order valence-electron chi connectivity index (χ3n) is 2.70. The summed E-state index contributed by atoms with van der Waals surface area (Å²) in [6, 6.07) is 6.93. The zero-order valence-electron chi connectivity index (χ0n) is 11.2. The van der Waals surface area contributed by atoms with Gasteiger partial charge in [-0.15, -0.1) is 5.11 Å². The van der Waals surface area contributed by atoms with Gasteiger partial charge < -0.3 is 10.2 Å². The SMILES string of the molecule is O=C(O)c1cc(N=Nc2ccc(S(=O)(=O)O)cc2Cl)ccc1O. The number of phenols is 1. The number of azo groups is 1. The highest BCUT2D eigenvalue weighted by Crippen LogP contribution is 2.30. The Hall–Kier alpha value is -2.49. The number of aromatic hydroxyl groups is 1. The predicted octanol–water partition coefficient (Wildman–Crippen LogP) is 3.41. The lowest BCUT2D eigenvalue weighted by atomic mass is 10.2. The lowest BCUT2D eigenvalue weighted by Gasteiger charge is -2.02. The molecule has 120 valence electrons. The molecule has 0 saturated heterocycles. The number of carboxylic acids is 1. The average molecular weight is 357 g/mol. The molecule has 2 aromatic carbocycles. The van der Waals surface area contributed by atoms with Crippen LogP contribution in [0.4, 0.5) is 11.4 Å². The van der Waals surface area contributed by atoms with Crippen LogP contribution in [0, 0.1) is 0 Å². The zero-order chi connectivity index (χ0) is 17.2. The van der Waals surface area contributed by atoms with Crippen LogP contribution in [0.25, 0.3) is 0 Å². The van der Waals surface area contributed by atoms with Crippen LogP contribution >= 0.6 is 11.6 Å². The summed E-state index contributed by atoms with van der Waals surface area (Å²) in [5, 5.41) is 25.7. The van der Waals surface area contributed by atoms with Gasteiger partial charge in [-0.2, -0.15) is 13.5 Å². The van der Waals surface area contributed by atoms with Crippen LogP contribution in [-0.4, -0.2) is 29.2 Å². The third-order valence-corrected chi connectivity index (χ3v) is 3.85. The Morgan fingerprint density at radius 2 is 1.78 bits per heavy atom. The summed E-state index contributed by atoms with van der Waals surface area (Å²) in [7, 11) is -4.38. The summed E-state index contributed by atoms with van der Waals surface area (Å²) in [4.78, 5) is 10.5. The van der Waals surface area contributed by atoms with Crippen molar-refractivity contribution >= 4 is 39.1 Å². The van der Waals surface area contributed by atoms with Gasteiger partial charge >= 0.3 is 5.97 Å². The quantitative estimate of drug-likeness (QED) is 0.567. The van der Waals surface area contributed by atoms with Gasteiger partial charge in [0, 0.05) is 0 Å². The number of nitrogens with zero attached hydrogens (tertiary/aromatic N) is 2. The Morgan fingerprint density at radius 3 is 2.35 bits per heavy atom. The molecule has 0 aliphatic rings. The molecule has 0 atom stereocenters. The highest BCUT2D eigenvalue weighted by molar-refractivity contribution is 7.85. The molecule has 2 rings (SSSR count). The molecule has 3 N–H and O–H groups in total. The number of hydrogen-bond acceptors (Lipinski definition) is 6. The van der Waals surface area contributed by atoms with Crippen molar-refractivity contribution in [2.75, 3.05) is 0 Å². The van der Waals surface area contributed by atoms with E-state index in [1.54, 1.807) is 0 Å². The molecule has 23 heavy (non-hydrogen) atoms. The summed E-state index contributed by atoms with van der Waals surface area (Å²) in [6.07, 6.45) is 0. The molecule has 0 bridgehead atoms. The number of carbonyl (C=O) groups is 1. The topological polar surface area (TPSA) is 137 Å². The van der Waals surface area contributed by atoms with Crippen LogP contribution in [0.5, 0.6) is 5.75 Å². The largest absolute Gasteiger partial charge is 0.507 e. The molecule has 0 saturated carbocycles. The molecule has 0 radical (unpaired) electrons. The van der Waals surface area contributed by atoms with E-state index in [4.69, 9.17) is 21.3 Å². The van der Waals surface area contributed by atoms with Gasteiger partial charge in [0.1, 0.15) is 17.0 Å². The first-order chi connectivity index (χ1) is 10.7. The molecule has 0 fully saturated rings. The molecule has 0 aromatic heterocycles. The van der Waals surface area contributed by atoms with Crippen molar-refractivity contribution < 1.29 is 28.0 Å². The van der Waals surface area contributed by atoms with E-state index in [0.29, 0.717) is 0 Å². The molecule has 0 aliphatic carbocycles. The first-order valence-corrected chi connectivity index (χ1v) is 7.75. The standard InChI is InChI=1S/C13H9ClN2O6S/c14-10-6-8(23(20,21)22)2-3-11(10)16-15-7-1-4-12(17)9(5-7)13(18)19/h1-6,17H,(H,18,19)(H,20,21,22). The minimum Gasteiger partial charge on any atom is -0.507 e. The smallest absolute Gasteiger partial charge is 0.339 e. The van der Waals surface area contributed by atoms with Crippen molar-refractivity contribution in [2.24, 2.45) is 10.2 Å².